The van der Waals surface area contributed by atoms with Crippen LogP contribution in [0.5, 0.6) is 5.75 Å². The minimum absolute atomic E-state index is 0.0111. The van der Waals surface area contributed by atoms with Gasteiger partial charge in [-0.3, -0.25) is 9.59 Å². The van der Waals surface area contributed by atoms with Gasteiger partial charge in [0.25, 0.3) is 0 Å². The van der Waals surface area contributed by atoms with Gasteiger partial charge in [0.15, 0.2) is 5.78 Å². The first-order chi connectivity index (χ1) is 14.1. The van der Waals surface area contributed by atoms with Crippen molar-refractivity contribution < 1.29 is 44.0 Å². The number of hydrogen-bond donors (Lipinski definition) is 3. The van der Waals surface area contributed by atoms with Gasteiger partial charge in [-0.15, -0.1) is 0 Å². The molecule has 2 rings (SSSR count). The second-order valence-corrected chi connectivity index (χ2v) is 6.75. The van der Waals surface area contributed by atoms with E-state index in [0.717, 1.165) is 25.9 Å². The van der Waals surface area contributed by atoms with Crippen LogP contribution < -0.4 is 4.74 Å². The summed E-state index contributed by atoms with van der Waals surface area (Å²) in [6.45, 7) is 3.76. The van der Waals surface area contributed by atoms with E-state index in [4.69, 9.17) is 29.3 Å². The van der Waals surface area contributed by atoms with E-state index in [-0.39, 0.29) is 24.3 Å². The van der Waals surface area contributed by atoms with Crippen molar-refractivity contribution in [2.24, 2.45) is 5.92 Å². The fourth-order valence-corrected chi connectivity index (χ4v) is 2.85. The smallest absolute Gasteiger partial charge is 0.414 e. The summed E-state index contributed by atoms with van der Waals surface area (Å²) in [5, 5.41) is 24.9. The van der Waals surface area contributed by atoms with E-state index < -0.39 is 18.0 Å². The summed E-state index contributed by atoms with van der Waals surface area (Å²) < 4.78 is 10.3. The normalized spacial score (nSPS) is 15.3. The minimum Gasteiger partial charge on any atom is -0.491 e. The molecule has 0 spiro atoms. The number of rotatable bonds is 7. The number of aliphatic carboxylic acids is 2. The average molecular weight is 425 g/mol. The lowest BCUT2D eigenvalue weighted by atomic mass is 9.97. The average Bonchev–Trinajstić information content (AvgIpc) is 2.73. The third kappa shape index (κ3) is 9.01. The van der Waals surface area contributed by atoms with Crippen molar-refractivity contribution in [3.05, 3.63) is 29.8 Å². The number of methoxy groups -OCH3 is 1. The second-order valence-electron chi connectivity index (χ2n) is 6.75. The summed E-state index contributed by atoms with van der Waals surface area (Å²) in [5.41, 5.74) is 0.636. The summed E-state index contributed by atoms with van der Waals surface area (Å²) >= 11 is 0. The maximum absolute atomic E-state index is 11.5. The lowest BCUT2D eigenvalue weighted by molar-refractivity contribution is -0.159. The van der Waals surface area contributed by atoms with Crippen LogP contribution in [0.3, 0.4) is 0 Å². The SMILES string of the molecule is COC(=O)C1CCN(CC(O)COc2ccc(C(C)=O)cc2)CC1.O=C(O)C(=O)O. The molecule has 3 N–H and O–H groups in total. The number of piperidine rings is 1. The van der Waals surface area contributed by atoms with Crippen molar-refractivity contribution in [2.75, 3.05) is 33.4 Å². The van der Waals surface area contributed by atoms with Crippen molar-refractivity contribution in [3.63, 3.8) is 0 Å². The number of aliphatic hydroxyl groups is 1. The Balaban J connectivity index is 0.000000656. The molecule has 166 valence electrons. The Morgan fingerprint density at radius 3 is 2.03 bits per heavy atom. The topological polar surface area (TPSA) is 151 Å². The van der Waals surface area contributed by atoms with Gasteiger partial charge in [-0.25, -0.2) is 9.59 Å². The van der Waals surface area contributed by atoms with Gasteiger partial charge in [-0.05, 0) is 57.1 Å². The lowest BCUT2D eigenvalue weighted by Crippen LogP contribution is -2.42. The van der Waals surface area contributed by atoms with Gasteiger partial charge >= 0.3 is 17.9 Å². The maximum Gasteiger partial charge on any atom is 0.414 e. The van der Waals surface area contributed by atoms with Crippen molar-refractivity contribution in [3.8, 4) is 5.75 Å². The molecule has 0 bridgehead atoms. The number of Topliss-reactive ketones (excluding diaryl/α,β-unsaturated/α-hetero) is 1. The van der Waals surface area contributed by atoms with Gasteiger partial charge in [0.05, 0.1) is 13.0 Å². The zero-order valence-corrected chi connectivity index (χ0v) is 16.9. The molecule has 1 unspecified atom stereocenters. The van der Waals surface area contributed by atoms with E-state index in [2.05, 4.69) is 4.90 Å². The predicted octanol–water partition coefficient (Wildman–Crippen LogP) is 0.669. The Kier molecular flexibility index (Phi) is 10.5. The van der Waals surface area contributed by atoms with E-state index in [1.165, 1.54) is 14.0 Å². The molecule has 1 aliphatic rings. The number of esters is 1. The van der Waals surface area contributed by atoms with Gasteiger partial charge in [0.2, 0.25) is 0 Å². The van der Waals surface area contributed by atoms with Crippen LogP contribution in [0, 0.1) is 5.92 Å². The van der Waals surface area contributed by atoms with E-state index in [9.17, 15) is 14.7 Å². The summed E-state index contributed by atoms with van der Waals surface area (Å²) in [7, 11) is 1.42. The Labute approximate surface area is 174 Å². The molecule has 1 fully saturated rings. The number of benzene rings is 1. The third-order valence-corrected chi connectivity index (χ3v) is 4.48. The number of aliphatic hydroxyl groups excluding tert-OH is 1. The number of carbonyl (C=O) groups excluding carboxylic acids is 2. The number of ketones is 1. The summed E-state index contributed by atoms with van der Waals surface area (Å²) in [5.74, 6) is -3.18. The van der Waals surface area contributed by atoms with Crippen LogP contribution in [0.4, 0.5) is 0 Å². The van der Waals surface area contributed by atoms with Crippen LogP contribution in [0.1, 0.15) is 30.1 Å². The van der Waals surface area contributed by atoms with Gasteiger partial charge in [-0.1, -0.05) is 0 Å². The first-order valence-corrected chi connectivity index (χ1v) is 9.32. The van der Waals surface area contributed by atoms with Crippen LogP contribution in [0.2, 0.25) is 0 Å². The predicted molar refractivity (Wildman–Crippen MR) is 104 cm³/mol. The van der Waals surface area contributed by atoms with E-state index in [1.807, 2.05) is 0 Å². The highest BCUT2D eigenvalue weighted by atomic mass is 16.5. The zero-order chi connectivity index (χ0) is 22.7. The first-order valence-electron chi connectivity index (χ1n) is 9.32. The van der Waals surface area contributed by atoms with Crippen molar-refractivity contribution in [1.29, 1.82) is 0 Å². The molecule has 10 heteroatoms. The molecule has 0 amide bonds. The number of ether oxygens (including phenoxy) is 2. The summed E-state index contributed by atoms with van der Waals surface area (Å²) in [6.07, 6.45) is 0.909. The Bertz CT molecular complexity index is 712. The maximum atomic E-state index is 11.5. The van der Waals surface area contributed by atoms with Crippen molar-refractivity contribution in [1.82, 2.24) is 4.90 Å². The van der Waals surface area contributed by atoms with Crippen LogP contribution in [-0.2, 0) is 19.1 Å². The first kappa shape index (κ1) is 25.1. The van der Waals surface area contributed by atoms with Crippen LogP contribution in [-0.4, -0.2) is 83.4 Å². The fourth-order valence-electron chi connectivity index (χ4n) is 2.85. The molecular weight excluding hydrogens is 398 g/mol. The van der Waals surface area contributed by atoms with E-state index in [1.54, 1.807) is 24.3 Å². The largest absolute Gasteiger partial charge is 0.491 e. The number of carbonyl (C=O) groups is 4. The fraction of sp³-hybridized carbons (Fsp3) is 0.500. The van der Waals surface area contributed by atoms with Gasteiger partial charge in [0, 0.05) is 12.1 Å². The molecule has 0 aromatic heterocycles. The highest BCUT2D eigenvalue weighted by molar-refractivity contribution is 6.27. The molecule has 1 aromatic rings. The molecule has 10 nitrogen and oxygen atoms in total. The highest BCUT2D eigenvalue weighted by Gasteiger charge is 2.26. The molecule has 1 atom stereocenters. The number of nitrogens with zero attached hydrogens (tertiary/aromatic N) is 1. The van der Waals surface area contributed by atoms with Crippen LogP contribution >= 0.6 is 0 Å². The van der Waals surface area contributed by atoms with Crippen molar-refractivity contribution in [2.45, 2.75) is 25.9 Å². The Morgan fingerprint density at radius 2 is 1.60 bits per heavy atom. The quantitative estimate of drug-likeness (QED) is 0.323. The molecular formula is C20H27NO9. The molecule has 1 aromatic carbocycles. The number of hydrogen-bond acceptors (Lipinski definition) is 8. The molecule has 1 saturated heterocycles. The number of carboxylic acids is 2. The number of carboxylic acid groups (broad SMARTS) is 2. The van der Waals surface area contributed by atoms with Gasteiger partial charge in [0.1, 0.15) is 18.5 Å². The highest BCUT2D eigenvalue weighted by Crippen LogP contribution is 2.19. The molecule has 0 saturated carbocycles. The Hall–Kier alpha value is -2.98. The summed E-state index contributed by atoms with van der Waals surface area (Å²) in [6, 6.07) is 6.87. The van der Waals surface area contributed by atoms with Crippen LogP contribution in [0.15, 0.2) is 24.3 Å². The number of likely N-dealkylation sites (tertiary alicyclic amines) is 1. The molecule has 0 aliphatic carbocycles. The molecule has 30 heavy (non-hydrogen) atoms. The number of β-amino-alcohol motifs (C(OH)–C–C–N with tert-alkyl or cyclic N) is 1. The van der Waals surface area contributed by atoms with E-state index in [0.29, 0.717) is 17.9 Å². The van der Waals surface area contributed by atoms with Crippen LogP contribution in [0.25, 0.3) is 0 Å². The minimum atomic E-state index is -1.82. The lowest BCUT2D eigenvalue weighted by Gasteiger charge is -2.31. The van der Waals surface area contributed by atoms with Gasteiger partial charge in [-0.2, -0.15) is 0 Å². The summed E-state index contributed by atoms with van der Waals surface area (Å²) in [4.78, 5) is 43.0. The molecule has 0 radical (unpaired) electrons. The zero-order valence-electron chi connectivity index (χ0n) is 16.9. The third-order valence-electron chi connectivity index (χ3n) is 4.48. The molecule has 1 heterocycles. The van der Waals surface area contributed by atoms with E-state index >= 15 is 0 Å². The van der Waals surface area contributed by atoms with Gasteiger partial charge < -0.3 is 29.7 Å². The Morgan fingerprint density at radius 1 is 1.07 bits per heavy atom. The second kappa shape index (κ2) is 12.6. The standard InChI is InChI=1S/C18H25NO5.C2H2O4/c1-13(20)14-3-5-17(6-4-14)24-12-16(21)11-19-9-7-15(8-10-19)18(22)23-2;3-1(4)2(5)6/h3-6,15-16,21H,7-12H2,1-2H3;(H,3,4)(H,5,6). The monoisotopic (exact) mass is 425 g/mol. The molecule has 1 aliphatic heterocycles. The van der Waals surface area contributed by atoms with Crippen molar-refractivity contribution >= 4 is 23.7 Å².